The molecule has 2 heterocycles. The Hall–Kier alpha value is -2.82. The van der Waals surface area contributed by atoms with Crippen molar-refractivity contribution >= 4 is 22.4 Å². The van der Waals surface area contributed by atoms with Crippen molar-refractivity contribution < 1.29 is 22.4 Å². The predicted molar refractivity (Wildman–Crippen MR) is 95.0 cm³/mol. The van der Waals surface area contributed by atoms with Crippen LogP contribution < -0.4 is 5.32 Å². The summed E-state index contributed by atoms with van der Waals surface area (Å²) in [6, 6.07) is 4.87. The average Bonchev–Trinajstić information content (AvgIpc) is 3.27. The fourth-order valence-corrected chi connectivity index (χ4v) is 3.27. The van der Waals surface area contributed by atoms with E-state index in [2.05, 4.69) is 20.6 Å². The van der Waals surface area contributed by atoms with E-state index in [1.165, 1.54) is 12.1 Å². The molecule has 0 fully saturated rings. The van der Waals surface area contributed by atoms with E-state index in [1.807, 2.05) is 6.92 Å². The van der Waals surface area contributed by atoms with E-state index < -0.39 is 34.8 Å². The second-order valence-electron chi connectivity index (χ2n) is 5.83. The van der Waals surface area contributed by atoms with Crippen molar-refractivity contribution in [1.29, 1.82) is 0 Å². The van der Waals surface area contributed by atoms with Gasteiger partial charge in [-0.3, -0.25) is 10.1 Å². The monoisotopic (exact) mass is 413 g/mol. The number of aromatic nitrogens is 4. The van der Waals surface area contributed by atoms with Gasteiger partial charge in [0.05, 0.1) is 11.8 Å². The molecule has 148 valence electrons. The number of hydrogen-bond acceptors (Lipinski definition) is 5. The molecule has 2 aromatic heterocycles. The third-order valence-corrected chi connectivity index (χ3v) is 4.69. The summed E-state index contributed by atoms with van der Waals surface area (Å²) >= 11 is 1.09. The molecule has 11 heteroatoms. The van der Waals surface area contributed by atoms with E-state index in [0.29, 0.717) is 16.1 Å². The summed E-state index contributed by atoms with van der Waals surface area (Å²) in [5.41, 5.74) is -2.52. The van der Waals surface area contributed by atoms with Gasteiger partial charge in [0.2, 0.25) is 5.13 Å². The molecule has 0 saturated heterocycles. The highest BCUT2D eigenvalue weighted by molar-refractivity contribution is 7.15. The number of nitrogens with zero attached hydrogens (tertiary/aromatic N) is 4. The Morgan fingerprint density at radius 2 is 2.00 bits per heavy atom. The van der Waals surface area contributed by atoms with Gasteiger partial charge in [-0.25, -0.2) is 9.07 Å². The quantitative estimate of drug-likeness (QED) is 0.605. The minimum atomic E-state index is -4.93. The first kappa shape index (κ1) is 19.9. The fourth-order valence-electron chi connectivity index (χ4n) is 2.49. The number of anilines is 1. The molecular formula is C17H15F4N5OS. The highest BCUT2D eigenvalue weighted by atomic mass is 32.1. The van der Waals surface area contributed by atoms with Crippen molar-refractivity contribution in [3.05, 3.63) is 52.5 Å². The molecule has 28 heavy (non-hydrogen) atoms. The predicted octanol–water partition coefficient (Wildman–Crippen LogP) is 4.48. The molecule has 1 N–H and O–H groups in total. The Labute approximate surface area is 161 Å². The summed E-state index contributed by atoms with van der Waals surface area (Å²) < 4.78 is 55.2. The van der Waals surface area contributed by atoms with Crippen molar-refractivity contribution in [2.45, 2.75) is 32.4 Å². The van der Waals surface area contributed by atoms with E-state index in [-0.39, 0.29) is 5.13 Å². The minimum Gasteiger partial charge on any atom is -0.296 e. The number of para-hydroxylation sites is 1. The highest BCUT2D eigenvalue weighted by Crippen LogP contribution is 2.34. The molecular weight excluding hydrogens is 398 g/mol. The number of hydrogen-bond donors (Lipinski definition) is 1. The summed E-state index contributed by atoms with van der Waals surface area (Å²) in [7, 11) is 0. The number of rotatable bonds is 6. The van der Waals surface area contributed by atoms with Gasteiger partial charge in [-0.05, 0) is 18.6 Å². The maximum atomic E-state index is 14.0. The summed E-state index contributed by atoms with van der Waals surface area (Å²) in [5, 5.41) is 14.3. The number of nitrogens with one attached hydrogen (secondary N) is 1. The van der Waals surface area contributed by atoms with Gasteiger partial charge < -0.3 is 0 Å². The number of unbranched alkanes of at least 4 members (excludes halogenated alkanes) is 1. The minimum absolute atomic E-state index is 0.0860. The third-order valence-electron chi connectivity index (χ3n) is 3.79. The van der Waals surface area contributed by atoms with Crippen molar-refractivity contribution in [2.24, 2.45) is 0 Å². The first-order valence-corrected chi connectivity index (χ1v) is 9.16. The second-order valence-corrected chi connectivity index (χ2v) is 6.89. The first-order chi connectivity index (χ1) is 13.3. The molecule has 0 aliphatic carbocycles. The molecule has 0 atom stereocenters. The highest BCUT2D eigenvalue weighted by Gasteiger charge is 2.41. The van der Waals surface area contributed by atoms with Crippen LogP contribution in [0.2, 0.25) is 0 Å². The van der Waals surface area contributed by atoms with Crippen LogP contribution in [-0.2, 0) is 12.6 Å². The standard InChI is InChI=1S/C17H15F4N5OS/c1-2-3-8-13-24-25-16(28-13)23-15(27)10-9-22-26(14(10)17(19,20)21)12-7-5-4-6-11(12)18/h4-7,9H,2-3,8H2,1H3,(H,23,25,27). The van der Waals surface area contributed by atoms with Crippen LogP contribution in [0.4, 0.5) is 22.7 Å². The molecule has 1 amide bonds. The number of aryl methyl sites for hydroxylation is 1. The zero-order chi connectivity index (χ0) is 20.3. The molecule has 0 aliphatic rings. The first-order valence-electron chi connectivity index (χ1n) is 8.35. The van der Waals surface area contributed by atoms with Gasteiger partial charge in [0.15, 0.2) is 5.69 Å². The van der Waals surface area contributed by atoms with Gasteiger partial charge in [0.1, 0.15) is 16.5 Å². The zero-order valence-corrected chi connectivity index (χ0v) is 15.4. The van der Waals surface area contributed by atoms with Gasteiger partial charge in [0.25, 0.3) is 5.91 Å². The molecule has 3 rings (SSSR count). The van der Waals surface area contributed by atoms with Crippen molar-refractivity contribution in [2.75, 3.05) is 5.32 Å². The van der Waals surface area contributed by atoms with Crippen LogP contribution in [0.5, 0.6) is 0 Å². The van der Waals surface area contributed by atoms with Crippen LogP contribution in [-0.4, -0.2) is 25.9 Å². The fraction of sp³-hybridized carbons (Fsp3) is 0.294. The molecule has 6 nitrogen and oxygen atoms in total. The van der Waals surface area contributed by atoms with Crippen LogP contribution >= 0.6 is 11.3 Å². The van der Waals surface area contributed by atoms with E-state index in [4.69, 9.17) is 0 Å². The SMILES string of the molecule is CCCCc1nnc(NC(=O)c2cnn(-c3ccccc3F)c2C(F)(F)F)s1. The van der Waals surface area contributed by atoms with Crippen LogP contribution in [0.3, 0.4) is 0 Å². The number of halogens is 4. The van der Waals surface area contributed by atoms with Crippen LogP contribution in [0.1, 0.15) is 40.8 Å². The van der Waals surface area contributed by atoms with Crippen LogP contribution in [0.15, 0.2) is 30.5 Å². The van der Waals surface area contributed by atoms with E-state index in [9.17, 15) is 22.4 Å². The molecule has 0 spiro atoms. The van der Waals surface area contributed by atoms with Gasteiger partial charge in [-0.2, -0.15) is 18.3 Å². The smallest absolute Gasteiger partial charge is 0.296 e. The number of benzene rings is 1. The summed E-state index contributed by atoms with van der Waals surface area (Å²) in [6.45, 7) is 2.01. The molecule has 3 aromatic rings. The number of carbonyl (C=O) groups excluding carboxylic acids is 1. The molecule has 0 saturated carbocycles. The van der Waals surface area contributed by atoms with Gasteiger partial charge in [-0.1, -0.05) is 36.8 Å². The number of amides is 1. The van der Waals surface area contributed by atoms with Crippen LogP contribution in [0, 0.1) is 5.82 Å². The largest absolute Gasteiger partial charge is 0.434 e. The van der Waals surface area contributed by atoms with Crippen molar-refractivity contribution in [3.63, 3.8) is 0 Å². The third kappa shape index (κ3) is 4.19. The normalized spacial score (nSPS) is 11.6. The van der Waals surface area contributed by atoms with Gasteiger partial charge >= 0.3 is 6.18 Å². The Morgan fingerprint density at radius 1 is 1.25 bits per heavy atom. The number of alkyl halides is 3. The summed E-state index contributed by atoms with van der Waals surface area (Å²) in [6.07, 6.45) is -1.67. The van der Waals surface area contributed by atoms with E-state index in [0.717, 1.165) is 42.5 Å². The zero-order valence-electron chi connectivity index (χ0n) is 14.6. The molecule has 0 bridgehead atoms. The molecule has 0 radical (unpaired) electrons. The maximum absolute atomic E-state index is 14.0. The molecule has 0 unspecified atom stereocenters. The van der Waals surface area contributed by atoms with Crippen molar-refractivity contribution in [1.82, 2.24) is 20.0 Å². The van der Waals surface area contributed by atoms with Gasteiger partial charge in [0, 0.05) is 6.42 Å². The Balaban J connectivity index is 1.92. The average molecular weight is 413 g/mol. The number of carbonyl (C=O) groups is 1. The second kappa shape index (κ2) is 8.05. The Morgan fingerprint density at radius 3 is 2.68 bits per heavy atom. The summed E-state index contributed by atoms with van der Waals surface area (Å²) in [4.78, 5) is 12.4. The van der Waals surface area contributed by atoms with Gasteiger partial charge in [-0.15, -0.1) is 10.2 Å². The van der Waals surface area contributed by atoms with E-state index in [1.54, 1.807) is 0 Å². The van der Waals surface area contributed by atoms with E-state index >= 15 is 0 Å². The lowest BCUT2D eigenvalue weighted by Crippen LogP contribution is -2.21. The lowest BCUT2D eigenvalue weighted by atomic mass is 10.2. The molecule has 1 aromatic carbocycles. The van der Waals surface area contributed by atoms with Crippen molar-refractivity contribution in [3.8, 4) is 5.69 Å². The molecule has 0 aliphatic heterocycles. The Bertz CT molecular complexity index is 982. The Kier molecular flexibility index (Phi) is 5.73. The summed E-state index contributed by atoms with van der Waals surface area (Å²) in [5.74, 6) is -1.94. The maximum Gasteiger partial charge on any atom is 0.434 e. The van der Waals surface area contributed by atoms with Crippen LogP contribution in [0.25, 0.3) is 5.69 Å². The lowest BCUT2D eigenvalue weighted by molar-refractivity contribution is -0.143. The lowest BCUT2D eigenvalue weighted by Gasteiger charge is -2.12. The topological polar surface area (TPSA) is 72.7 Å².